The normalized spacial score (nSPS) is 11.4. The molecule has 5 nitrogen and oxygen atoms in total. The molecule has 0 amide bonds. The summed E-state index contributed by atoms with van der Waals surface area (Å²) < 4.78 is 5.15. The molecule has 0 bridgehead atoms. The highest BCUT2D eigenvalue weighted by Gasteiger charge is 2.20. The zero-order valence-electron chi connectivity index (χ0n) is 14.1. The molecule has 0 fully saturated rings. The number of hydrogen-bond donors (Lipinski definition) is 2. The molecule has 1 unspecified atom stereocenters. The number of pyridine rings is 1. The monoisotopic (exact) mass is 373 g/mol. The van der Waals surface area contributed by atoms with Crippen LogP contribution in [0.15, 0.2) is 30.6 Å². The lowest BCUT2D eigenvalue weighted by Gasteiger charge is -2.15. The molecule has 24 heavy (non-hydrogen) atoms. The second-order valence-electron chi connectivity index (χ2n) is 5.64. The molecule has 0 spiro atoms. The number of aromatic amines is 1. The summed E-state index contributed by atoms with van der Waals surface area (Å²) in [4.78, 5) is 19.5. The molecule has 0 radical (unpaired) electrons. The second kappa shape index (κ2) is 10.3. The van der Waals surface area contributed by atoms with Crippen LogP contribution in [0.2, 0.25) is 0 Å². The molecule has 134 valence electrons. The molecule has 1 atom stereocenters. The number of ether oxygens (including phenoxy) is 1. The van der Waals surface area contributed by atoms with E-state index in [0.29, 0.717) is 24.5 Å². The summed E-state index contributed by atoms with van der Waals surface area (Å²) in [7, 11) is 0. The van der Waals surface area contributed by atoms with Crippen LogP contribution < -0.4 is 5.73 Å². The first kappa shape index (κ1) is 22.4. The Morgan fingerprint density at radius 2 is 1.92 bits per heavy atom. The van der Waals surface area contributed by atoms with E-state index in [1.54, 1.807) is 19.3 Å². The SMILES string of the molecule is CCOC(=O)c1cc(-c2ccncc2)[nH]c1CC(N)C(C)C.Cl.Cl. The van der Waals surface area contributed by atoms with Gasteiger partial charge < -0.3 is 15.5 Å². The summed E-state index contributed by atoms with van der Waals surface area (Å²) >= 11 is 0. The van der Waals surface area contributed by atoms with E-state index in [1.807, 2.05) is 18.2 Å². The lowest BCUT2D eigenvalue weighted by Crippen LogP contribution is -2.29. The molecule has 0 aliphatic rings. The van der Waals surface area contributed by atoms with Crippen LogP contribution in [0.25, 0.3) is 11.3 Å². The summed E-state index contributed by atoms with van der Waals surface area (Å²) in [5.41, 5.74) is 9.39. The van der Waals surface area contributed by atoms with Gasteiger partial charge in [-0.15, -0.1) is 24.8 Å². The van der Waals surface area contributed by atoms with Gasteiger partial charge in [0.2, 0.25) is 0 Å². The Morgan fingerprint density at radius 1 is 1.29 bits per heavy atom. The third-order valence-electron chi connectivity index (χ3n) is 3.68. The van der Waals surface area contributed by atoms with Crippen LogP contribution in [0.5, 0.6) is 0 Å². The smallest absolute Gasteiger partial charge is 0.339 e. The Kier molecular flexibility index (Phi) is 9.66. The summed E-state index contributed by atoms with van der Waals surface area (Å²) in [5, 5.41) is 0. The Hall–Kier alpha value is -1.56. The summed E-state index contributed by atoms with van der Waals surface area (Å²) in [6, 6.07) is 5.60. The molecule has 2 aromatic heterocycles. The maximum atomic E-state index is 12.2. The fourth-order valence-corrected chi connectivity index (χ4v) is 2.21. The number of hydrogen-bond acceptors (Lipinski definition) is 4. The van der Waals surface area contributed by atoms with Crippen molar-refractivity contribution in [2.24, 2.45) is 11.7 Å². The molecule has 2 aromatic rings. The molecular weight excluding hydrogens is 349 g/mol. The average Bonchev–Trinajstić information content (AvgIpc) is 2.92. The first-order chi connectivity index (χ1) is 10.5. The van der Waals surface area contributed by atoms with E-state index >= 15 is 0 Å². The van der Waals surface area contributed by atoms with Crippen molar-refractivity contribution in [1.82, 2.24) is 9.97 Å². The predicted octanol–water partition coefficient (Wildman–Crippen LogP) is 3.62. The number of nitrogens with zero attached hydrogens (tertiary/aromatic N) is 1. The van der Waals surface area contributed by atoms with Crippen molar-refractivity contribution >= 4 is 30.8 Å². The van der Waals surface area contributed by atoms with E-state index in [9.17, 15) is 4.79 Å². The van der Waals surface area contributed by atoms with Crippen LogP contribution in [0, 0.1) is 5.92 Å². The fourth-order valence-electron chi connectivity index (χ4n) is 2.21. The standard InChI is InChI=1S/C17H23N3O2.2ClH/c1-4-22-17(21)13-9-15(12-5-7-19-8-6-12)20-16(13)10-14(18)11(2)3;;/h5-9,11,14,20H,4,10,18H2,1-3H3;2*1H. The van der Waals surface area contributed by atoms with Gasteiger partial charge in [-0.05, 0) is 31.0 Å². The van der Waals surface area contributed by atoms with Crippen molar-refractivity contribution in [3.05, 3.63) is 41.9 Å². The van der Waals surface area contributed by atoms with E-state index in [2.05, 4.69) is 23.8 Å². The minimum atomic E-state index is -0.315. The van der Waals surface area contributed by atoms with Crippen molar-refractivity contribution in [2.45, 2.75) is 33.2 Å². The number of halogens is 2. The first-order valence-corrected chi connectivity index (χ1v) is 7.57. The molecule has 2 rings (SSSR count). The Balaban J connectivity index is 0.00000264. The Labute approximate surface area is 155 Å². The van der Waals surface area contributed by atoms with Crippen LogP contribution in [-0.4, -0.2) is 28.6 Å². The molecule has 7 heteroatoms. The van der Waals surface area contributed by atoms with E-state index in [1.165, 1.54) is 0 Å². The number of carbonyl (C=O) groups excluding carboxylic acids is 1. The number of esters is 1. The Bertz CT molecular complexity index is 630. The number of nitrogens with one attached hydrogen (secondary N) is 1. The lowest BCUT2D eigenvalue weighted by atomic mass is 9.99. The molecule has 0 saturated heterocycles. The van der Waals surface area contributed by atoms with Gasteiger partial charge in [-0.25, -0.2) is 4.79 Å². The molecule has 0 saturated carbocycles. The number of H-pyrrole nitrogens is 1. The highest BCUT2D eigenvalue weighted by atomic mass is 35.5. The Morgan fingerprint density at radius 3 is 2.46 bits per heavy atom. The van der Waals surface area contributed by atoms with Gasteiger partial charge in [0.1, 0.15) is 0 Å². The highest BCUT2D eigenvalue weighted by molar-refractivity contribution is 5.92. The van der Waals surface area contributed by atoms with Crippen molar-refractivity contribution < 1.29 is 9.53 Å². The maximum absolute atomic E-state index is 12.2. The van der Waals surface area contributed by atoms with Crippen LogP contribution >= 0.6 is 24.8 Å². The quantitative estimate of drug-likeness (QED) is 0.757. The van der Waals surface area contributed by atoms with Crippen molar-refractivity contribution in [3.63, 3.8) is 0 Å². The minimum Gasteiger partial charge on any atom is -0.462 e. The van der Waals surface area contributed by atoms with Crippen LogP contribution in [0.1, 0.15) is 36.8 Å². The van der Waals surface area contributed by atoms with Gasteiger partial charge in [-0.3, -0.25) is 4.98 Å². The lowest BCUT2D eigenvalue weighted by molar-refractivity contribution is 0.0525. The zero-order chi connectivity index (χ0) is 16.1. The van der Waals surface area contributed by atoms with Gasteiger partial charge in [0.25, 0.3) is 0 Å². The topological polar surface area (TPSA) is 81.0 Å². The molecule has 0 aliphatic heterocycles. The van der Waals surface area contributed by atoms with E-state index in [0.717, 1.165) is 17.0 Å². The van der Waals surface area contributed by atoms with Crippen molar-refractivity contribution in [2.75, 3.05) is 6.61 Å². The number of carbonyl (C=O) groups is 1. The van der Waals surface area contributed by atoms with E-state index in [-0.39, 0.29) is 36.8 Å². The highest BCUT2D eigenvalue weighted by Crippen LogP contribution is 2.23. The summed E-state index contributed by atoms with van der Waals surface area (Å²) in [6.45, 7) is 6.29. The third kappa shape index (κ3) is 5.51. The molecule has 2 heterocycles. The van der Waals surface area contributed by atoms with Gasteiger partial charge in [0.05, 0.1) is 12.2 Å². The van der Waals surface area contributed by atoms with Gasteiger partial charge in [-0.2, -0.15) is 0 Å². The largest absolute Gasteiger partial charge is 0.462 e. The molecule has 0 aromatic carbocycles. The first-order valence-electron chi connectivity index (χ1n) is 7.57. The second-order valence-corrected chi connectivity index (χ2v) is 5.64. The van der Waals surface area contributed by atoms with Gasteiger partial charge in [-0.1, -0.05) is 13.8 Å². The molecular formula is C17H25Cl2N3O2. The van der Waals surface area contributed by atoms with Crippen molar-refractivity contribution in [3.8, 4) is 11.3 Å². The third-order valence-corrected chi connectivity index (χ3v) is 3.68. The summed E-state index contributed by atoms with van der Waals surface area (Å²) in [6.07, 6.45) is 4.05. The van der Waals surface area contributed by atoms with Gasteiger partial charge >= 0.3 is 5.97 Å². The average molecular weight is 374 g/mol. The molecule has 0 aliphatic carbocycles. The van der Waals surface area contributed by atoms with Crippen molar-refractivity contribution in [1.29, 1.82) is 0 Å². The predicted molar refractivity (Wildman–Crippen MR) is 101 cm³/mol. The number of nitrogens with two attached hydrogens (primary N) is 1. The maximum Gasteiger partial charge on any atom is 0.339 e. The number of aromatic nitrogens is 2. The zero-order valence-corrected chi connectivity index (χ0v) is 15.7. The van der Waals surface area contributed by atoms with E-state index in [4.69, 9.17) is 10.5 Å². The van der Waals surface area contributed by atoms with Crippen LogP contribution in [0.3, 0.4) is 0 Å². The van der Waals surface area contributed by atoms with Crippen LogP contribution in [-0.2, 0) is 11.2 Å². The summed E-state index contributed by atoms with van der Waals surface area (Å²) in [5.74, 6) is 0.0210. The number of rotatable bonds is 6. The van der Waals surface area contributed by atoms with E-state index < -0.39 is 0 Å². The minimum absolute atomic E-state index is 0. The van der Waals surface area contributed by atoms with Gasteiger partial charge in [0, 0.05) is 41.8 Å². The van der Waals surface area contributed by atoms with Crippen LogP contribution in [0.4, 0.5) is 0 Å². The van der Waals surface area contributed by atoms with Gasteiger partial charge in [0.15, 0.2) is 0 Å². The molecule has 3 N–H and O–H groups in total. The fraction of sp³-hybridized carbons (Fsp3) is 0.412.